The van der Waals surface area contributed by atoms with Crippen molar-refractivity contribution in [3.05, 3.63) is 48.0 Å². The van der Waals surface area contributed by atoms with Gasteiger partial charge in [0.25, 0.3) is 0 Å². The van der Waals surface area contributed by atoms with Crippen molar-refractivity contribution in [1.29, 1.82) is 0 Å². The molecule has 1 unspecified atom stereocenters. The van der Waals surface area contributed by atoms with Crippen LogP contribution >= 0.6 is 0 Å². The van der Waals surface area contributed by atoms with Crippen LogP contribution in [0.25, 0.3) is 0 Å². The second kappa shape index (κ2) is 7.55. The van der Waals surface area contributed by atoms with E-state index >= 15 is 0 Å². The molecule has 0 aromatic heterocycles. The molecule has 2 aromatic carbocycles. The monoisotopic (exact) mass is 351 g/mol. The number of sulfonamides is 1. The fraction of sp³-hybridized carbons (Fsp3) is 0.294. The molecule has 130 valence electrons. The Morgan fingerprint density at radius 2 is 1.46 bits per heavy atom. The maximum Gasteiger partial charge on any atom is 0.241 e. The van der Waals surface area contributed by atoms with Crippen molar-refractivity contribution < 1.29 is 22.6 Å². The van der Waals surface area contributed by atoms with Gasteiger partial charge in [0.05, 0.1) is 26.2 Å². The molecular formula is C17H21NO5S. The van der Waals surface area contributed by atoms with E-state index in [0.717, 1.165) is 0 Å². The fourth-order valence-electron chi connectivity index (χ4n) is 2.30. The van der Waals surface area contributed by atoms with Crippen LogP contribution in [0, 0.1) is 0 Å². The van der Waals surface area contributed by atoms with Crippen LogP contribution in [0.5, 0.6) is 17.2 Å². The average molecular weight is 351 g/mol. The lowest BCUT2D eigenvalue weighted by Gasteiger charge is -2.18. The Bertz CT molecular complexity index is 787. The summed E-state index contributed by atoms with van der Waals surface area (Å²) in [6, 6.07) is 10.9. The Labute approximate surface area is 142 Å². The number of benzene rings is 2. The van der Waals surface area contributed by atoms with Crippen LogP contribution in [-0.4, -0.2) is 29.7 Å². The first-order chi connectivity index (χ1) is 11.4. The van der Waals surface area contributed by atoms with Crippen LogP contribution in [0.15, 0.2) is 47.4 Å². The molecule has 24 heavy (non-hydrogen) atoms. The first-order valence-corrected chi connectivity index (χ1v) is 8.78. The van der Waals surface area contributed by atoms with Gasteiger partial charge in [-0.1, -0.05) is 0 Å². The molecule has 0 bridgehead atoms. The van der Waals surface area contributed by atoms with Crippen molar-refractivity contribution in [2.24, 2.45) is 0 Å². The zero-order chi connectivity index (χ0) is 17.7. The number of hydrogen-bond donors (Lipinski definition) is 1. The van der Waals surface area contributed by atoms with Crippen molar-refractivity contribution in [1.82, 2.24) is 4.72 Å². The zero-order valence-corrected chi connectivity index (χ0v) is 14.9. The van der Waals surface area contributed by atoms with Crippen LogP contribution in [0.1, 0.15) is 18.5 Å². The molecule has 0 saturated heterocycles. The molecule has 2 rings (SSSR count). The van der Waals surface area contributed by atoms with Gasteiger partial charge < -0.3 is 14.2 Å². The Morgan fingerprint density at radius 1 is 0.875 bits per heavy atom. The van der Waals surface area contributed by atoms with Gasteiger partial charge in [-0.2, -0.15) is 0 Å². The second-order valence-corrected chi connectivity index (χ2v) is 6.84. The van der Waals surface area contributed by atoms with Crippen molar-refractivity contribution in [2.75, 3.05) is 21.3 Å². The molecule has 0 amide bonds. The molecule has 2 aromatic rings. The molecule has 0 radical (unpaired) electrons. The number of hydrogen-bond acceptors (Lipinski definition) is 5. The largest absolute Gasteiger partial charge is 0.497 e. The van der Waals surface area contributed by atoms with Gasteiger partial charge >= 0.3 is 0 Å². The molecule has 0 spiro atoms. The third-order valence-electron chi connectivity index (χ3n) is 3.61. The fourth-order valence-corrected chi connectivity index (χ4v) is 3.52. The second-order valence-electron chi connectivity index (χ2n) is 5.13. The minimum Gasteiger partial charge on any atom is -0.497 e. The summed E-state index contributed by atoms with van der Waals surface area (Å²) in [7, 11) is 0.939. The van der Waals surface area contributed by atoms with Gasteiger partial charge in [-0.05, 0) is 49.4 Å². The summed E-state index contributed by atoms with van der Waals surface area (Å²) in [6.45, 7) is 1.75. The molecule has 0 aliphatic carbocycles. The van der Waals surface area contributed by atoms with Gasteiger partial charge in [0.15, 0.2) is 0 Å². The summed E-state index contributed by atoms with van der Waals surface area (Å²) >= 11 is 0. The van der Waals surface area contributed by atoms with Gasteiger partial charge in [-0.25, -0.2) is 13.1 Å². The summed E-state index contributed by atoms with van der Waals surface area (Å²) in [6.07, 6.45) is 0. The van der Waals surface area contributed by atoms with Crippen LogP contribution in [0.3, 0.4) is 0 Å². The van der Waals surface area contributed by atoms with E-state index in [9.17, 15) is 8.42 Å². The molecule has 0 saturated carbocycles. The van der Waals surface area contributed by atoms with E-state index in [-0.39, 0.29) is 4.90 Å². The van der Waals surface area contributed by atoms with Gasteiger partial charge in [-0.15, -0.1) is 0 Å². The van der Waals surface area contributed by atoms with Gasteiger partial charge in [-0.3, -0.25) is 0 Å². The quantitative estimate of drug-likeness (QED) is 0.830. The highest BCUT2D eigenvalue weighted by molar-refractivity contribution is 7.89. The molecule has 1 atom stereocenters. The summed E-state index contributed by atoms with van der Waals surface area (Å²) in [5.41, 5.74) is 0.689. The first kappa shape index (κ1) is 18.1. The smallest absolute Gasteiger partial charge is 0.241 e. The van der Waals surface area contributed by atoms with E-state index in [1.54, 1.807) is 44.4 Å². The number of rotatable bonds is 7. The Morgan fingerprint density at radius 3 is 2.00 bits per heavy atom. The summed E-state index contributed by atoms with van der Waals surface area (Å²) in [4.78, 5) is 0.164. The van der Waals surface area contributed by atoms with E-state index in [1.165, 1.54) is 26.4 Å². The van der Waals surface area contributed by atoms with Crippen molar-refractivity contribution in [3.8, 4) is 17.2 Å². The Hall–Kier alpha value is -2.25. The lowest BCUT2D eigenvalue weighted by atomic mass is 10.1. The summed E-state index contributed by atoms with van der Waals surface area (Å²) < 4.78 is 43.3. The van der Waals surface area contributed by atoms with Crippen LogP contribution in [-0.2, 0) is 10.0 Å². The molecule has 0 aliphatic heterocycles. The topological polar surface area (TPSA) is 73.9 Å². The van der Waals surface area contributed by atoms with Crippen molar-refractivity contribution >= 4 is 10.0 Å². The molecule has 1 N–H and O–H groups in total. The van der Waals surface area contributed by atoms with Crippen LogP contribution in [0.4, 0.5) is 0 Å². The zero-order valence-electron chi connectivity index (χ0n) is 14.1. The Balaban J connectivity index is 2.28. The number of methoxy groups -OCH3 is 3. The van der Waals surface area contributed by atoms with Crippen molar-refractivity contribution in [3.63, 3.8) is 0 Å². The highest BCUT2D eigenvalue weighted by Crippen LogP contribution is 2.30. The first-order valence-electron chi connectivity index (χ1n) is 7.29. The van der Waals surface area contributed by atoms with Crippen LogP contribution in [0.2, 0.25) is 0 Å². The molecule has 0 heterocycles. The van der Waals surface area contributed by atoms with E-state index in [0.29, 0.717) is 22.8 Å². The maximum atomic E-state index is 12.5. The predicted octanol–water partition coefficient (Wildman–Crippen LogP) is 2.75. The molecule has 0 aliphatic rings. The Kier molecular flexibility index (Phi) is 5.69. The number of nitrogens with one attached hydrogen (secondary N) is 1. The highest BCUT2D eigenvalue weighted by Gasteiger charge is 2.21. The van der Waals surface area contributed by atoms with E-state index in [1.807, 2.05) is 0 Å². The van der Waals surface area contributed by atoms with E-state index < -0.39 is 16.1 Å². The third-order valence-corrected chi connectivity index (χ3v) is 5.16. The average Bonchev–Trinajstić information content (AvgIpc) is 2.60. The third kappa shape index (κ3) is 3.98. The van der Waals surface area contributed by atoms with Crippen LogP contribution < -0.4 is 18.9 Å². The minimum absolute atomic E-state index is 0.164. The lowest BCUT2D eigenvalue weighted by Crippen LogP contribution is -2.27. The van der Waals surface area contributed by atoms with Gasteiger partial charge in [0.1, 0.15) is 17.2 Å². The number of ether oxygens (including phenoxy) is 3. The van der Waals surface area contributed by atoms with Crippen molar-refractivity contribution in [2.45, 2.75) is 17.9 Å². The molecule has 0 fully saturated rings. The lowest BCUT2D eigenvalue weighted by molar-refractivity contribution is 0.395. The highest BCUT2D eigenvalue weighted by atomic mass is 32.2. The molecule has 7 heteroatoms. The van der Waals surface area contributed by atoms with Gasteiger partial charge in [0, 0.05) is 11.6 Å². The van der Waals surface area contributed by atoms with E-state index in [4.69, 9.17) is 14.2 Å². The molecular weight excluding hydrogens is 330 g/mol. The predicted molar refractivity (Wildman–Crippen MR) is 91.3 cm³/mol. The minimum atomic E-state index is -3.68. The standard InChI is InChI=1S/C17H21NO5S/c1-12(16-11-14(22-3)7-10-17(16)23-4)18-24(19,20)15-8-5-13(21-2)6-9-15/h5-12,18H,1-4H3. The normalized spacial score (nSPS) is 12.5. The summed E-state index contributed by atoms with van der Waals surface area (Å²) in [5.74, 6) is 1.80. The molecule has 6 nitrogen and oxygen atoms in total. The van der Waals surface area contributed by atoms with E-state index in [2.05, 4.69) is 4.72 Å². The van der Waals surface area contributed by atoms with Gasteiger partial charge in [0.2, 0.25) is 10.0 Å². The summed E-state index contributed by atoms with van der Waals surface area (Å²) in [5, 5.41) is 0. The maximum absolute atomic E-state index is 12.5. The SMILES string of the molecule is COc1ccc(S(=O)(=O)NC(C)c2cc(OC)ccc2OC)cc1.